The zero-order chi connectivity index (χ0) is 19.8. The molecule has 0 atom stereocenters. The summed E-state index contributed by atoms with van der Waals surface area (Å²) in [5, 5.41) is 15.3. The summed E-state index contributed by atoms with van der Waals surface area (Å²) >= 11 is 5.14. The Balaban J connectivity index is 1.54. The predicted octanol–water partition coefficient (Wildman–Crippen LogP) is 4.14. The van der Waals surface area contributed by atoms with Crippen LogP contribution in [0.25, 0.3) is 0 Å². The minimum Gasteiger partial charge on any atom is -0.506 e. The van der Waals surface area contributed by atoms with E-state index in [0.717, 1.165) is 6.42 Å². The van der Waals surface area contributed by atoms with Gasteiger partial charge in [-0.1, -0.05) is 48.5 Å². The molecule has 0 aliphatic carbocycles. The van der Waals surface area contributed by atoms with Crippen LogP contribution in [0, 0.1) is 0 Å². The Morgan fingerprint density at radius 2 is 1.71 bits per heavy atom. The molecule has 28 heavy (non-hydrogen) atoms. The number of phenols is 1. The number of para-hydroxylation sites is 2. The van der Waals surface area contributed by atoms with Gasteiger partial charge in [0.1, 0.15) is 11.5 Å². The first-order valence-corrected chi connectivity index (χ1v) is 9.20. The molecule has 3 N–H and O–H groups in total. The molecule has 0 saturated heterocycles. The van der Waals surface area contributed by atoms with Gasteiger partial charge in [0.05, 0.1) is 12.3 Å². The number of amides is 1. The zero-order valence-electron chi connectivity index (χ0n) is 15.1. The fourth-order valence-electron chi connectivity index (χ4n) is 2.57. The van der Waals surface area contributed by atoms with E-state index in [1.54, 1.807) is 42.5 Å². The van der Waals surface area contributed by atoms with Gasteiger partial charge in [0.15, 0.2) is 5.11 Å². The summed E-state index contributed by atoms with van der Waals surface area (Å²) in [6.07, 6.45) is 0.784. The lowest BCUT2D eigenvalue weighted by atomic mass is 10.2. The average Bonchev–Trinajstić information content (AvgIpc) is 2.71. The van der Waals surface area contributed by atoms with E-state index in [-0.39, 0.29) is 16.8 Å². The summed E-state index contributed by atoms with van der Waals surface area (Å²) in [5.74, 6) is 0.303. The molecule has 0 heterocycles. The van der Waals surface area contributed by atoms with Gasteiger partial charge in [-0.05, 0) is 48.1 Å². The highest BCUT2D eigenvalue weighted by atomic mass is 32.1. The minimum absolute atomic E-state index is 0.0490. The van der Waals surface area contributed by atoms with Crippen LogP contribution in [0.1, 0.15) is 15.9 Å². The lowest BCUT2D eigenvalue weighted by Gasteiger charge is -2.11. The van der Waals surface area contributed by atoms with Gasteiger partial charge >= 0.3 is 0 Å². The third-order valence-corrected chi connectivity index (χ3v) is 4.18. The summed E-state index contributed by atoms with van der Waals surface area (Å²) in [4.78, 5) is 12.4. The van der Waals surface area contributed by atoms with Crippen LogP contribution in [0.4, 0.5) is 5.69 Å². The number of nitrogens with one attached hydrogen (secondary N) is 2. The molecule has 0 aromatic heterocycles. The third-order valence-electron chi connectivity index (χ3n) is 3.98. The predicted molar refractivity (Wildman–Crippen MR) is 114 cm³/mol. The molecule has 0 aliphatic heterocycles. The second kappa shape index (κ2) is 9.53. The van der Waals surface area contributed by atoms with Gasteiger partial charge in [-0.15, -0.1) is 0 Å². The maximum absolute atomic E-state index is 12.4. The number of benzene rings is 3. The van der Waals surface area contributed by atoms with Gasteiger partial charge < -0.3 is 15.2 Å². The summed E-state index contributed by atoms with van der Waals surface area (Å²) in [6, 6.07) is 23.6. The Morgan fingerprint density at radius 1 is 0.964 bits per heavy atom. The maximum atomic E-state index is 12.4. The van der Waals surface area contributed by atoms with E-state index in [9.17, 15) is 9.90 Å². The normalized spacial score (nSPS) is 10.1. The molecule has 0 unspecified atom stereocenters. The van der Waals surface area contributed by atoms with Gasteiger partial charge in [-0.25, -0.2) is 0 Å². The Labute approximate surface area is 169 Å². The van der Waals surface area contributed by atoms with E-state index in [4.69, 9.17) is 17.0 Å². The molecule has 0 radical (unpaired) electrons. The molecule has 3 aromatic carbocycles. The molecule has 1 amide bonds. The van der Waals surface area contributed by atoms with Crippen molar-refractivity contribution in [2.45, 2.75) is 6.42 Å². The van der Waals surface area contributed by atoms with Crippen LogP contribution in [0.2, 0.25) is 0 Å². The van der Waals surface area contributed by atoms with E-state index in [1.807, 2.05) is 30.3 Å². The lowest BCUT2D eigenvalue weighted by molar-refractivity contribution is 0.0977. The Bertz CT molecular complexity index is 961. The molecule has 0 aliphatic rings. The standard InChI is InChI=1S/C22H20N2O3S/c25-20-12-5-4-11-19(20)23-22(28)24-21(26)17-9-6-10-18(15-17)27-14-13-16-7-2-1-3-8-16/h1-12,15,25H,13-14H2,(H2,23,24,26,28). The van der Waals surface area contributed by atoms with Crippen molar-refractivity contribution in [3.8, 4) is 11.5 Å². The molecule has 0 fully saturated rings. The number of aromatic hydroxyl groups is 1. The Hall–Kier alpha value is -3.38. The van der Waals surface area contributed by atoms with E-state index >= 15 is 0 Å². The number of ether oxygens (including phenoxy) is 1. The lowest BCUT2D eigenvalue weighted by Crippen LogP contribution is -2.34. The maximum Gasteiger partial charge on any atom is 0.257 e. The van der Waals surface area contributed by atoms with Crippen LogP contribution in [0.15, 0.2) is 78.9 Å². The highest BCUT2D eigenvalue weighted by molar-refractivity contribution is 7.80. The fraction of sp³-hybridized carbons (Fsp3) is 0.0909. The van der Waals surface area contributed by atoms with Crippen LogP contribution in [-0.2, 0) is 6.42 Å². The van der Waals surface area contributed by atoms with Crippen LogP contribution in [-0.4, -0.2) is 22.7 Å². The van der Waals surface area contributed by atoms with Crippen molar-refractivity contribution >= 4 is 28.9 Å². The number of thiocarbonyl (C=S) groups is 1. The van der Waals surface area contributed by atoms with E-state index in [1.165, 1.54) is 11.6 Å². The van der Waals surface area contributed by atoms with Crippen molar-refractivity contribution in [3.63, 3.8) is 0 Å². The topological polar surface area (TPSA) is 70.6 Å². The molecule has 0 bridgehead atoms. The molecule has 6 heteroatoms. The highest BCUT2D eigenvalue weighted by Gasteiger charge is 2.10. The molecular weight excluding hydrogens is 372 g/mol. The molecule has 0 saturated carbocycles. The van der Waals surface area contributed by atoms with Crippen molar-refractivity contribution in [1.82, 2.24) is 5.32 Å². The second-order valence-corrected chi connectivity index (χ2v) is 6.45. The van der Waals surface area contributed by atoms with Crippen molar-refractivity contribution < 1.29 is 14.6 Å². The monoisotopic (exact) mass is 392 g/mol. The van der Waals surface area contributed by atoms with E-state index in [2.05, 4.69) is 10.6 Å². The van der Waals surface area contributed by atoms with E-state index < -0.39 is 0 Å². The number of phenolic OH excluding ortho intramolecular Hbond substituents is 1. The Kier molecular flexibility index (Phi) is 6.59. The number of carbonyl (C=O) groups excluding carboxylic acids is 1. The van der Waals surface area contributed by atoms with Crippen LogP contribution in [0.5, 0.6) is 11.5 Å². The SMILES string of the molecule is O=C(NC(=S)Nc1ccccc1O)c1cccc(OCCc2ccccc2)c1. The molecule has 0 spiro atoms. The van der Waals surface area contributed by atoms with E-state index in [0.29, 0.717) is 23.6 Å². The summed E-state index contributed by atoms with van der Waals surface area (Å²) < 4.78 is 5.76. The summed E-state index contributed by atoms with van der Waals surface area (Å²) in [6.45, 7) is 0.516. The van der Waals surface area contributed by atoms with Crippen molar-refractivity contribution in [1.29, 1.82) is 0 Å². The first-order valence-electron chi connectivity index (χ1n) is 8.79. The van der Waals surface area contributed by atoms with Crippen LogP contribution < -0.4 is 15.4 Å². The van der Waals surface area contributed by atoms with Gasteiger partial charge in [-0.2, -0.15) is 0 Å². The molecule has 3 aromatic rings. The van der Waals surface area contributed by atoms with Gasteiger partial charge in [0.25, 0.3) is 5.91 Å². The minimum atomic E-state index is -0.360. The van der Waals surface area contributed by atoms with Crippen LogP contribution in [0.3, 0.4) is 0 Å². The number of anilines is 1. The third kappa shape index (κ3) is 5.56. The number of rotatable bonds is 6. The average molecular weight is 392 g/mol. The van der Waals surface area contributed by atoms with Crippen molar-refractivity contribution in [2.24, 2.45) is 0 Å². The van der Waals surface area contributed by atoms with Gasteiger partial charge in [0, 0.05) is 12.0 Å². The number of carbonyl (C=O) groups is 1. The van der Waals surface area contributed by atoms with Crippen LogP contribution >= 0.6 is 12.2 Å². The molecule has 3 rings (SSSR count). The molecular formula is C22H20N2O3S. The van der Waals surface area contributed by atoms with Crippen molar-refractivity contribution in [2.75, 3.05) is 11.9 Å². The summed E-state index contributed by atoms with van der Waals surface area (Å²) in [5.41, 5.74) is 2.04. The first kappa shape index (κ1) is 19.4. The zero-order valence-corrected chi connectivity index (χ0v) is 15.9. The highest BCUT2D eigenvalue weighted by Crippen LogP contribution is 2.21. The molecule has 5 nitrogen and oxygen atoms in total. The first-order chi connectivity index (χ1) is 13.6. The fourth-order valence-corrected chi connectivity index (χ4v) is 2.77. The summed E-state index contributed by atoms with van der Waals surface area (Å²) in [7, 11) is 0. The van der Waals surface area contributed by atoms with Gasteiger partial charge in [-0.3, -0.25) is 10.1 Å². The number of hydrogen-bond acceptors (Lipinski definition) is 4. The van der Waals surface area contributed by atoms with Crippen molar-refractivity contribution in [3.05, 3.63) is 90.0 Å². The smallest absolute Gasteiger partial charge is 0.257 e. The quantitative estimate of drug-likeness (QED) is 0.434. The largest absolute Gasteiger partial charge is 0.506 e. The molecule has 142 valence electrons. The van der Waals surface area contributed by atoms with Gasteiger partial charge in [0.2, 0.25) is 0 Å². The second-order valence-electron chi connectivity index (χ2n) is 6.04. The number of hydrogen-bond donors (Lipinski definition) is 3. The Morgan fingerprint density at radius 3 is 2.50 bits per heavy atom.